The van der Waals surface area contributed by atoms with Crippen LogP contribution in [0.15, 0.2) is 52.3 Å². The molecule has 1 fully saturated rings. The zero-order valence-corrected chi connectivity index (χ0v) is 22.5. The molecule has 0 aliphatic carbocycles. The number of carbonyl (C=O) groups is 1. The molecule has 2 heterocycles. The number of anilines is 1. The second-order valence-electron chi connectivity index (χ2n) is 7.64. The first kappa shape index (κ1) is 27.2. The molecule has 3 aromatic rings. The van der Waals surface area contributed by atoms with Gasteiger partial charge in [-0.2, -0.15) is 0 Å². The fourth-order valence-corrected chi connectivity index (χ4v) is 6.06. The lowest BCUT2D eigenvalue weighted by Crippen LogP contribution is -2.43. The Morgan fingerprint density at radius 3 is 2.59 bits per heavy atom. The fraction of sp³-hybridized carbons (Fsp3) is 0.364. The zero-order chi connectivity index (χ0) is 23.4. The smallest absolute Gasteiger partial charge is 0.239 e. The van der Waals surface area contributed by atoms with Crippen LogP contribution in [0.3, 0.4) is 0 Å². The van der Waals surface area contributed by atoms with Crippen molar-refractivity contribution in [3.05, 3.63) is 47.5 Å². The minimum absolute atomic E-state index is 0. The molecule has 0 radical (unpaired) electrons. The molecule has 34 heavy (non-hydrogen) atoms. The van der Waals surface area contributed by atoms with Crippen LogP contribution in [0.4, 0.5) is 5.13 Å². The van der Waals surface area contributed by atoms with Crippen molar-refractivity contribution in [2.45, 2.75) is 9.79 Å². The van der Waals surface area contributed by atoms with Crippen LogP contribution < -0.4 is 4.90 Å². The summed E-state index contributed by atoms with van der Waals surface area (Å²) < 4.78 is 30.0. The number of fused-ring (bicyclic) bond motifs is 1. The molecule has 4 rings (SSSR count). The number of thiazole rings is 1. The number of carbonyl (C=O) groups excluding carboxylic acids is 1. The van der Waals surface area contributed by atoms with Crippen molar-refractivity contribution in [3.63, 3.8) is 0 Å². The number of aromatic nitrogens is 1. The Bertz CT molecular complexity index is 1230. The van der Waals surface area contributed by atoms with Crippen molar-refractivity contribution >= 4 is 78.2 Å². The molecule has 1 saturated heterocycles. The molecule has 0 N–H and O–H groups in total. The van der Waals surface area contributed by atoms with Gasteiger partial charge in [0.15, 0.2) is 15.0 Å². The summed E-state index contributed by atoms with van der Waals surface area (Å²) in [5.74, 6) is 0.209. The first-order chi connectivity index (χ1) is 15.8. The van der Waals surface area contributed by atoms with Crippen LogP contribution in [-0.2, 0) is 19.4 Å². The van der Waals surface area contributed by atoms with Crippen LogP contribution in [0, 0.1) is 0 Å². The number of thioether (sulfide) groups is 1. The molecule has 0 saturated carbocycles. The Kier molecular flexibility index (Phi) is 9.62. The van der Waals surface area contributed by atoms with Crippen LogP contribution in [-0.4, -0.2) is 75.6 Å². The summed E-state index contributed by atoms with van der Waals surface area (Å²) in [6.45, 7) is 4.26. The van der Waals surface area contributed by atoms with Crippen molar-refractivity contribution in [3.8, 4) is 0 Å². The second-order valence-corrected chi connectivity index (χ2v) is 12.2. The van der Waals surface area contributed by atoms with E-state index < -0.39 is 9.84 Å². The van der Waals surface area contributed by atoms with E-state index in [9.17, 15) is 13.2 Å². The molecule has 2 aromatic carbocycles. The predicted octanol–water partition coefficient (Wildman–Crippen LogP) is 4.23. The number of amides is 1. The van der Waals surface area contributed by atoms with Gasteiger partial charge in [0.1, 0.15) is 0 Å². The minimum atomic E-state index is -3.32. The molecule has 0 spiro atoms. The number of morpholine rings is 1. The molecule has 1 aliphatic rings. The van der Waals surface area contributed by atoms with Gasteiger partial charge in [0, 0.05) is 42.4 Å². The Labute approximate surface area is 218 Å². The first-order valence-corrected chi connectivity index (χ1v) is 14.5. The molecule has 7 nitrogen and oxygen atoms in total. The standard InChI is InChI=1S/C22H24ClN3O4S3.ClH/c1-33(28,29)18-6-7-19-20(14-18)32-22(24-19)26(9-8-25-10-12-30-13-11-25)21(27)15-31-17-4-2-16(23)3-5-17;/h2-7,14H,8-13,15H2,1H3;1H. The third kappa shape index (κ3) is 7.07. The number of hydrogen-bond donors (Lipinski definition) is 0. The first-order valence-electron chi connectivity index (χ1n) is 10.4. The largest absolute Gasteiger partial charge is 0.379 e. The summed E-state index contributed by atoms with van der Waals surface area (Å²) >= 11 is 8.74. The van der Waals surface area contributed by atoms with Gasteiger partial charge in [-0.3, -0.25) is 14.6 Å². The van der Waals surface area contributed by atoms with E-state index >= 15 is 0 Å². The van der Waals surface area contributed by atoms with Gasteiger partial charge in [-0.05, 0) is 42.5 Å². The van der Waals surface area contributed by atoms with E-state index in [2.05, 4.69) is 9.88 Å². The molecule has 184 valence electrons. The Hall–Kier alpha value is -1.40. The highest BCUT2D eigenvalue weighted by molar-refractivity contribution is 8.00. The maximum atomic E-state index is 13.3. The number of sulfone groups is 1. The van der Waals surface area contributed by atoms with Crippen molar-refractivity contribution in [1.29, 1.82) is 0 Å². The van der Waals surface area contributed by atoms with E-state index in [-0.39, 0.29) is 29.0 Å². The van der Waals surface area contributed by atoms with Crippen LogP contribution in [0.25, 0.3) is 10.2 Å². The van der Waals surface area contributed by atoms with E-state index in [0.717, 1.165) is 22.7 Å². The number of rotatable bonds is 8. The summed E-state index contributed by atoms with van der Waals surface area (Å²) in [7, 11) is -3.32. The Morgan fingerprint density at radius 2 is 1.91 bits per heavy atom. The lowest BCUT2D eigenvalue weighted by atomic mass is 10.3. The van der Waals surface area contributed by atoms with Crippen molar-refractivity contribution in [1.82, 2.24) is 9.88 Å². The highest BCUT2D eigenvalue weighted by Crippen LogP contribution is 2.31. The molecule has 0 atom stereocenters. The van der Waals surface area contributed by atoms with Crippen LogP contribution in [0.5, 0.6) is 0 Å². The van der Waals surface area contributed by atoms with Gasteiger partial charge in [0.2, 0.25) is 5.91 Å². The summed E-state index contributed by atoms with van der Waals surface area (Å²) in [6.07, 6.45) is 1.18. The average Bonchev–Trinajstić information content (AvgIpc) is 3.22. The maximum absolute atomic E-state index is 13.3. The van der Waals surface area contributed by atoms with E-state index in [1.54, 1.807) is 35.2 Å². The van der Waals surface area contributed by atoms with Gasteiger partial charge in [-0.15, -0.1) is 24.2 Å². The normalized spacial score (nSPS) is 14.6. The molecule has 1 aliphatic heterocycles. The van der Waals surface area contributed by atoms with Crippen LogP contribution >= 0.6 is 47.1 Å². The van der Waals surface area contributed by atoms with Gasteiger partial charge in [0.25, 0.3) is 0 Å². The van der Waals surface area contributed by atoms with Gasteiger partial charge in [-0.25, -0.2) is 13.4 Å². The second kappa shape index (κ2) is 12.0. The predicted molar refractivity (Wildman–Crippen MR) is 142 cm³/mol. The van der Waals surface area contributed by atoms with Crippen LogP contribution in [0.2, 0.25) is 5.02 Å². The zero-order valence-electron chi connectivity index (χ0n) is 18.5. The van der Waals surface area contributed by atoms with Gasteiger partial charge < -0.3 is 4.74 Å². The molecule has 0 bridgehead atoms. The fourth-order valence-electron chi connectivity index (χ4n) is 3.39. The quantitative estimate of drug-likeness (QED) is 0.380. The van der Waals surface area contributed by atoms with E-state index in [0.29, 0.717) is 42.0 Å². The SMILES string of the molecule is CS(=O)(=O)c1ccc2nc(N(CCN3CCOCC3)C(=O)CSc3ccc(Cl)cc3)sc2c1.Cl. The molecule has 1 aromatic heterocycles. The summed E-state index contributed by atoms with van der Waals surface area (Å²) in [5.41, 5.74) is 0.678. The maximum Gasteiger partial charge on any atom is 0.239 e. The third-order valence-electron chi connectivity index (χ3n) is 5.23. The summed E-state index contributed by atoms with van der Waals surface area (Å²) in [5, 5.41) is 1.23. The Balaban J connectivity index is 0.00000324. The van der Waals surface area contributed by atoms with Gasteiger partial charge in [-0.1, -0.05) is 22.9 Å². The van der Waals surface area contributed by atoms with Gasteiger partial charge >= 0.3 is 0 Å². The Morgan fingerprint density at radius 1 is 1.21 bits per heavy atom. The third-order valence-corrected chi connectivity index (χ3v) is 8.63. The molecule has 1 amide bonds. The number of halogens is 2. The minimum Gasteiger partial charge on any atom is -0.379 e. The molecule has 0 unspecified atom stereocenters. The molecular weight excluding hydrogens is 537 g/mol. The van der Waals surface area contributed by atoms with E-state index in [1.165, 1.54) is 29.4 Å². The average molecular weight is 563 g/mol. The highest BCUT2D eigenvalue weighted by atomic mass is 35.5. The monoisotopic (exact) mass is 561 g/mol. The number of ether oxygens (including phenoxy) is 1. The van der Waals surface area contributed by atoms with Crippen molar-refractivity contribution in [2.24, 2.45) is 0 Å². The number of nitrogens with zero attached hydrogens (tertiary/aromatic N) is 3. The number of hydrogen-bond acceptors (Lipinski definition) is 8. The summed E-state index contributed by atoms with van der Waals surface area (Å²) in [4.78, 5) is 23.1. The lowest BCUT2D eigenvalue weighted by molar-refractivity contribution is -0.116. The van der Waals surface area contributed by atoms with Gasteiger partial charge in [0.05, 0.1) is 34.1 Å². The van der Waals surface area contributed by atoms with Crippen molar-refractivity contribution in [2.75, 3.05) is 56.3 Å². The molecular formula is C22H25Cl2N3O4S3. The van der Waals surface area contributed by atoms with E-state index in [4.69, 9.17) is 16.3 Å². The van der Waals surface area contributed by atoms with Crippen molar-refractivity contribution < 1.29 is 17.9 Å². The van der Waals surface area contributed by atoms with E-state index in [1.807, 2.05) is 12.1 Å². The highest BCUT2D eigenvalue weighted by Gasteiger charge is 2.22. The molecule has 12 heteroatoms. The van der Waals surface area contributed by atoms with Crippen LogP contribution in [0.1, 0.15) is 0 Å². The number of benzene rings is 2. The topological polar surface area (TPSA) is 79.8 Å². The summed E-state index contributed by atoms with van der Waals surface area (Å²) in [6, 6.07) is 12.3. The lowest BCUT2D eigenvalue weighted by Gasteiger charge is -2.29.